The third-order valence-corrected chi connectivity index (χ3v) is 3.17. The Morgan fingerprint density at radius 1 is 1.35 bits per heavy atom. The quantitative estimate of drug-likeness (QED) is 0.837. The summed E-state index contributed by atoms with van der Waals surface area (Å²) in [7, 11) is 0. The van der Waals surface area contributed by atoms with Crippen molar-refractivity contribution in [2.75, 3.05) is 25.0 Å². The largest absolute Gasteiger partial charge is 0.368 e. The highest BCUT2D eigenvalue weighted by molar-refractivity contribution is 5.34. The molecule has 2 heterocycles. The lowest BCUT2D eigenvalue weighted by Crippen LogP contribution is -2.19. The molecule has 2 rings (SSSR count). The summed E-state index contributed by atoms with van der Waals surface area (Å²) in [5.74, 6) is 1.60. The Kier molecular flexibility index (Phi) is 3.62. The molecule has 0 saturated carbocycles. The molecule has 94 valence electrons. The van der Waals surface area contributed by atoms with Crippen molar-refractivity contribution in [3.63, 3.8) is 0 Å². The van der Waals surface area contributed by atoms with Crippen LogP contribution in [-0.2, 0) is 5.41 Å². The van der Waals surface area contributed by atoms with Crippen molar-refractivity contribution in [3.05, 3.63) is 17.8 Å². The molecule has 0 amide bonds. The zero-order valence-electron chi connectivity index (χ0n) is 11.0. The first-order chi connectivity index (χ1) is 8.05. The van der Waals surface area contributed by atoms with E-state index in [1.165, 1.54) is 6.42 Å². The van der Waals surface area contributed by atoms with Gasteiger partial charge in [-0.1, -0.05) is 20.8 Å². The van der Waals surface area contributed by atoms with Gasteiger partial charge in [-0.05, 0) is 37.6 Å². The number of hydrogen-bond donors (Lipinski definition) is 2. The van der Waals surface area contributed by atoms with Crippen LogP contribution in [0.5, 0.6) is 0 Å². The summed E-state index contributed by atoms with van der Waals surface area (Å²) in [6.45, 7) is 9.68. The highest BCUT2D eigenvalue weighted by atomic mass is 15.2. The number of aromatic nitrogens is 2. The zero-order valence-corrected chi connectivity index (χ0v) is 11.0. The van der Waals surface area contributed by atoms with E-state index in [1.54, 1.807) is 0 Å². The maximum absolute atomic E-state index is 4.27. The first-order valence-corrected chi connectivity index (χ1v) is 6.34. The molecule has 4 heteroatoms. The summed E-state index contributed by atoms with van der Waals surface area (Å²) in [4.78, 5) is 0. The first kappa shape index (κ1) is 12.3. The maximum Gasteiger partial charge on any atom is 0.148 e. The van der Waals surface area contributed by atoms with E-state index in [-0.39, 0.29) is 5.41 Å². The van der Waals surface area contributed by atoms with Crippen LogP contribution >= 0.6 is 0 Å². The van der Waals surface area contributed by atoms with Gasteiger partial charge in [-0.2, -0.15) is 5.10 Å². The van der Waals surface area contributed by atoms with Gasteiger partial charge in [-0.3, -0.25) is 0 Å². The molecule has 1 fully saturated rings. The monoisotopic (exact) mass is 234 g/mol. The van der Waals surface area contributed by atoms with E-state index in [4.69, 9.17) is 0 Å². The Morgan fingerprint density at radius 3 is 2.71 bits per heavy atom. The van der Waals surface area contributed by atoms with Crippen LogP contribution in [0, 0.1) is 5.92 Å². The summed E-state index contributed by atoms with van der Waals surface area (Å²) < 4.78 is 0. The molecule has 4 nitrogen and oxygen atoms in total. The van der Waals surface area contributed by atoms with Crippen molar-refractivity contribution in [1.82, 2.24) is 15.5 Å². The van der Waals surface area contributed by atoms with E-state index in [0.717, 1.165) is 37.1 Å². The topological polar surface area (TPSA) is 49.8 Å². The lowest BCUT2D eigenvalue weighted by Gasteiger charge is -2.17. The number of rotatable bonds is 3. The van der Waals surface area contributed by atoms with Crippen molar-refractivity contribution >= 4 is 5.82 Å². The Morgan fingerprint density at radius 2 is 2.18 bits per heavy atom. The molecule has 0 aliphatic carbocycles. The predicted octanol–water partition coefficient (Wildman–Crippen LogP) is 1.80. The molecule has 0 radical (unpaired) electrons. The van der Waals surface area contributed by atoms with Gasteiger partial charge >= 0.3 is 0 Å². The lowest BCUT2D eigenvalue weighted by molar-refractivity contribution is 0.558. The molecular weight excluding hydrogens is 212 g/mol. The lowest BCUT2D eigenvalue weighted by atomic mass is 9.92. The number of nitrogens with one attached hydrogen (secondary N) is 2. The minimum Gasteiger partial charge on any atom is -0.368 e. The van der Waals surface area contributed by atoms with Gasteiger partial charge in [0.15, 0.2) is 0 Å². The average Bonchev–Trinajstić information content (AvgIpc) is 2.78. The van der Waals surface area contributed by atoms with Gasteiger partial charge in [0.2, 0.25) is 0 Å². The molecule has 1 aliphatic rings. The van der Waals surface area contributed by atoms with Crippen LogP contribution in [0.2, 0.25) is 0 Å². The van der Waals surface area contributed by atoms with Gasteiger partial charge < -0.3 is 10.6 Å². The standard InChI is InChI=1S/C13H22N4/c1-13(2,3)11-4-5-12(17-16-11)15-9-10-6-7-14-8-10/h4-5,10,14H,6-9H2,1-3H3,(H,15,17). The van der Waals surface area contributed by atoms with Crippen LogP contribution in [0.3, 0.4) is 0 Å². The average molecular weight is 234 g/mol. The number of hydrogen-bond acceptors (Lipinski definition) is 4. The molecule has 2 N–H and O–H groups in total. The zero-order chi connectivity index (χ0) is 12.3. The smallest absolute Gasteiger partial charge is 0.148 e. The molecule has 1 aromatic rings. The Bertz CT molecular complexity index is 347. The normalized spacial score (nSPS) is 20.5. The van der Waals surface area contributed by atoms with Crippen LogP contribution < -0.4 is 10.6 Å². The van der Waals surface area contributed by atoms with E-state index in [0.29, 0.717) is 0 Å². The van der Waals surface area contributed by atoms with E-state index < -0.39 is 0 Å². The predicted molar refractivity (Wildman–Crippen MR) is 70.2 cm³/mol. The highest BCUT2D eigenvalue weighted by Crippen LogP contribution is 2.19. The van der Waals surface area contributed by atoms with Crippen LogP contribution in [0.1, 0.15) is 32.9 Å². The van der Waals surface area contributed by atoms with Crippen molar-refractivity contribution in [2.24, 2.45) is 5.92 Å². The van der Waals surface area contributed by atoms with Crippen molar-refractivity contribution < 1.29 is 0 Å². The van der Waals surface area contributed by atoms with Gasteiger partial charge in [-0.15, -0.1) is 5.10 Å². The van der Waals surface area contributed by atoms with Gasteiger partial charge in [0.25, 0.3) is 0 Å². The van der Waals surface area contributed by atoms with Crippen molar-refractivity contribution in [1.29, 1.82) is 0 Å². The fourth-order valence-electron chi connectivity index (χ4n) is 1.96. The molecule has 1 saturated heterocycles. The SMILES string of the molecule is CC(C)(C)c1ccc(NCC2CCNC2)nn1. The summed E-state index contributed by atoms with van der Waals surface area (Å²) in [6, 6.07) is 4.08. The van der Waals surface area contributed by atoms with Crippen LogP contribution in [0.4, 0.5) is 5.82 Å². The molecule has 1 aromatic heterocycles. The van der Waals surface area contributed by atoms with E-state index in [1.807, 2.05) is 6.07 Å². The minimum atomic E-state index is 0.0703. The van der Waals surface area contributed by atoms with E-state index >= 15 is 0 Å². The molecule has 17 heavy (non-hydrogen) atoms. The van der Waals surface area contributed by atoms with Crippen LogP contribution in [0.15, 0.2) is 12.1 Å². The van der Waals surface area contributed by atoms with E-state index in [9.17, 15) is 0 Å². The Balaban J connectivity index is 1.89. The van der Waals surface area contributed by atoms with Crippen LogP contribution in [-0.4, -0.2) is 29.8 Å². The van der Waals surface area contributed by atoms with Gasteiger partial charge in [0.05, 0.1) is 5.69 Å². The Labute approximate surface area is 103 Å². The second-order valence-corrected chi connectivity index (χ2v) is 5.79. The van der Waals surface area contributed by atoms with Crippen molar-refractivity contribution in [2.45, 2.75) is 32.6 Å². The molecule has 0 bridgehead atoms. The van der Waals surface area contributed by atoms with E-state index in [2.05, 4.69) is 47.7 Å². The minimum absolute atomic E-state index is 0.0703. The third kappa shape index (κ3) is 3.40. The summed E-state index contributed by atoms with van der Waals surface area (Å²) in [5.41, 5.74) is 1.10. The maximum atomic E-state index is 4.27. The summed E-state index contributed by atoms with van der Waals surface area (Å²) >= 11 is 0. The molecule has 0 spiro atoms. The molecular formula is C13H22N4. The second-order valence-electron chi connectivity index (χ2n) is 5.79. The van der Waals surface area contributed by atoms with Crippen LogP contribution in [0.25, 0.3) is 0 Å². The second kappa shape index (κ2) is 5.00. The Hall–Kier alpha value is -1.16. The number of anilines is 1. The van der Waals surface area contributed by atoms with Crippen molar-refractivity contribution in [3.8, 4) is 0 Å². The van der Waals surface area contributed by atoms with Gasteiger partial charge in [0, 0.05) is 12.0 Å². The third-order valence-electron chi connectivity index (χ3n) is 3.17. The highest BCUT2D eigenvalue weighted by Gasteiger charge is 2.16. The molecule has 0 aromatic carbocycles. The van der Waals surface area contributed by atoms with Gasteiger partial charge in [0.1, 0.15) is 5.82 Å². The number of nitrogens with zero attached hydrogens (tertiary/aromatic N) is 2. The molecule has 1 atom stereocenters. The summed E-state index contributed by atoms with van der Waals surface area (Å²) in [5, 5.41) is 15.2. The first-order valence-electron chi connectivity index (χ1n) is 6.34. The molecule has 1 aliphatic heterocycles. The van der Waals surface area contributed by atoms with Gasteiger partial charge in [-0.25, -0.2) is 0 Å². The fraction of sp³-hybridized carbons (Fsp3) is 0.692. The fourth-order valence-corrected chi connectivity index (χ4v) is 1.96. The summed E-state index contributed by atoms with van der Waals surface area (Å²) in [6.07, 6.45) is 1.25. The molecule has 1 unspecified atom stereocenters.